The van der Waals surface area contributed by atoms with Crippen molar-refractivity contribution in [1.82, 2.24) is 5.32 Å². The van der Waals surface area contributed by atoms with Crippen molar-refractivity contribution in [3.8, 4) is 5.75 Å². The second-order valence-electron chi connectivity index (χ2n) is 4.52. The number of hydrogen-bond acceptors (Lipinski definition) is 3. The van der Waals surface area contributed by atoms with Crippen LogP contribution in [0.5, 0.6) is 5.75 Å². The van der Waals surface area contributed by atoms with E-state index in [0.717, 1.165) is 5.56 Å². The fourth-order valence-corrected chi connectivity index (χ4v) is 2.47. The topological polar surface area (TPSA) is 58.6 Å². The average molecular weight is 253 g/mol. The van der Waals surface area contributed by atoms with Crippen LogP contribution in [0.15, 0.2) is 12.1 Å². The normalized spacial score (nSPS) is 23.1. The van der Waals surface area contributed by atoms with E-state index in [-0.39, 0.29) is 11.9 Å². The number of methoxy groups -OCH3 is 1. The molecule has 1 aliphatic rings. The number of halogens is 1. The fourth-order valence-electron chi connectivity index (χ4n) is 2.47. The highest BCUT2D eigenvalue weighted by Crippen LogP contribution is 2.34. The van der Waals surface area contributed by atoms with Crippen molar-refractivity contribution >= 4 is 5.97 Å². The van der Waals surface area contributed by atoms with Gasteiger partial charge in [0, 0.05) is 18.2 Å². The Labute approximate surface area is 105 Å². The Morgan fingerprint density at radius 1 is 1.56 bits per heavy atom. The molecule has 98 valence electrons. The predicted octanol–water partition coefficient (Wildman–Crippen LogP) is 1.88. The van der Waals surface area contributed by atoms with E-state index >= 15 is 0 Å². The molecule has 0 saturated carbocycles. The van der Waals surface area contributed by atoms with Crippen LogP contribution in [-0.2, 0) is 4.79 Å². The molecular weight excluding hydrogens is 237 g/mol. The zero-order chi connectivity index (χ0) is 13.3. The van der Waals surface area contributed by atoms with E-state index in [1.54, 1.807) is 13.0 Å². The number of ether oxygens (including phenoxy) is 1. The molecule has 5 heteroatoms. The van der Waals surface area contributed by atoms with Gasteiger partial charge in [-0.15, -0.1) is 0 Å². The third-order valence-electron chi connectivity index (χ3n) is 3.46. The molecule has 1 aromatic carbocycles. The summed E-state index contributed by atoms with van der Waals surface area (Å²) in [6.45, 7) is 2.16. The van der Waals surface area contributed by atoms with E-state index < -0.39 is 11.9 Å². The SMILES string of the molecule is COc1ccc(F)c(C2CC(C(=O)O)CN2)c1C. The lowest BCUT2D eigenvalue weighted by Gasteiger charge is -2.17. The van der Waals surface area contributed by atoms with Gasteiger partial charge in [0.25, 0.3) is 0 Å². The second kappa shape index (κ2) is 4.94. The van der Waals surface area contributed by atoms with Gasteiger partial charge in [0.1, 0.15) is 11.6 Å². The number of rotatable bonds is 3. The van der Waals surface area contributed by atoms with E-state index in [1.807, 2.05) is 0 Å². The van der Waals surface area contributed by atoms with Crippen molar-refractivity contribution in [2.75, 3.05) is 13.7 Å². The van der Waals surface area contributed by atoms with Gasteiger partial charge in [0.15, 0.2) is 0 Å². The van der Waals surface area contributed by atoms with E-state index in [9.17, 15) is 9.18 Å². The molecule has 0 aliphatic carbocycles. The summed E-state index contributed by atoms with van der Waals surface area (Å²) in [5.41, 5.74) is 1.24. The molecular formula is C13H16FNO3. The Morgan fingerprint density at radius 2 is 2.28 bits per heavy atom. The van der Waals surface area contributed by atoms with Crippen LogP contribution >= 0.6 is 0 Å². The van der Waals surface area contributed by atoms with Gasteiger partial charge in [-0.3, -0.25) is 4.79 Å². The maximum absolute atomic E-state index is 13.9. The highest BCUT2D eigenvalue weighted by molar-refractivity contribution is 5.71. The number of aliphatic carboxylic acids is 1. The predicted molar refractivity (Wildman–Crippen MR) is 64.2 cm³/mol. The van der Waals surface area contributed by atoms with Crippen LogP contribution in [0.1, 0.15) is 23.6 Å². The Bertz CT molecular complexity index is 476. The molecule has 4 nitrogen and oxygen atoms in total. The first-order valence-electron chi connectivity index (χ1n) is 5.83. The smallest absolute Gasteiger partial charge is 0.307 e. The minimum Gasteiger partial charge on any atom is -0.496 e. The summed E-state index contributed by atoms with van der Waals surface area (Å²) < 4.78 is 19.1. The number of hydrogen-bond donors (Lipinski definition) is 2. The molecule has 2 unspecified atom stereocenters. The number of carboxylic acids is 1. The molecule has 0 aromatic heterocycles. The van der Waals surface area contributed by atoms with Crippen LogP contribution in [-0.4, -0.2) is 24.7 Å². The Kier molecular flexibility index (Phi) is 3.52. The van der Waals surface area contributed by atoms with Crippen molar-refractivity contribution < 1.29 is 19.0 Å². The number of carboxylic acid groups (broad SMARTS) is 1. The number of benzene rings is 1. The zero-order valence-corrected chi connectivity index (χ0v) is 10.4. The van der Waals surface area contributed by atoms with Gasteiger partial charge in [-0.1, -0.05) is 0 Å². The molecule has 2 rings (SSSR count). The highest BCUT2D eigenvalue weighted by atomic mass is 19.1. The van der Waals surface area contributed by atoms with Gasteiger partial charge in [0.05, 0.1) is 13.0 Å². The first kappa shape index (κ1) is 12.8. The van der Waals surface area contributed by atoms with Gasteiger partial charge < -0.3 is 15.2 Å². The molecule has 18 heavy (non-hydrogen) atoms. The minimum absolute atomic E-state index is 0.263. The Morgan fingerprint density at radius 3 is 2.83 bits per heavy atom. The van der Waals surface area contributed by atoms with Gasteiger partial charge in [0.2, 0.25) is 0 Å². The molecule has 1 heterocycles. The van der Waals surface area contributed by atoms with Gasteiger partial charge in [-0.25, -0.2) is 4.39 Å². The first-order chi connectivity index (χ1) is 8.54. The Hall–Kier alpha value is -1.62. The van der Waals surface area contributed by atoms with Crippen LogP contribution in [0.3, 0.4) is 0 Å². The van der Waals surface area contributed by atoms with Crippen LogP contribution in [0.4, 0.5) is 4.39 Å². The van der Waals surface area contributed by atoms with E-state index in [0.29, 0.717) is 24.3 Å². The lowest BCUT2D eigenvalue weighted by molar-refractivity contribution is -0.141. The van der Waals surface area contributed by atoms with Crippen molar-refractivity contribution in [3.63, 3.8) is 0 Å². The molecule has 0 spiro atoms. The molecule has 0 amide bonds. The van der Waals surface area contributed by atoms with Crippen molar-refractivity contribution in [1.29, 1.82) is 0 Å². The van der Waals surface area contributed by atoms with Crippen molar-refractivity contribution in [2.24, 2.45) is 5.92 Å². The molecule has 1 aromatic rings. The van der Waals surface area contributed by atoms with E-state index in [1.165, 1.54) is 13.2 Å². The van der Waals surface area contributed by atoms with Gasteiger partial charge in [-0.2, -0.15) is 0 Å². The van der Waals surface area contributed by atoms with Gasteiger partial charge >= 0.3 is 5.97 Å². The van der Waals surface area contributed by atoms with E-state index in [2.05, 4.69) is 5.32 Å². The van der Waals surface area contributed by atoms with E-state index in [4.69, 9.17) is 9.84 Å². The summed E-state index contributed by atoms with van der Waals surface area (Å²) in [6, 6.07) is 2.68. The lowest BCUT2D eigenvalue weighted by Crippen LogP contribution is -2.18. The van der Waals surface area contributed by atoms with Crippen molar-refractivity contribution in [3.05, 3.63) is 29.1 Å². The number of nitrogens with one attached hydrogen (secondary N) is 1. The summed E-state index contributed by atoms with van der Waals surface area (Å²) in [7, 11) is 1.53. The average Bonchev–Trinajstić information content (AvgIpc) is 2.79. The maximum Gasteiger partial charge on any atom is 0.307 e. The lowest BCUT2D eigenvalue weighted by atomic mass is 9.95. The summed E-state index contributed by atoms with van der Waals surface area (Å²) in [5, 5.41) is 12.0. The maximum atomic E-state index is 13.9. The summed E-state index contributed by atoms with van der Waals surface area (Å²) in [5.74, 6) is -1.00. The standard InChI is InChI=1S/C13H16FNO3/c1-7-11(18-2)4-3-9(14)12(7)10-5-8(6-15-10)13(16)17/h3-4,8,10,15H,5-6H2,1-2H3,(H,16,17). The van der Waals surface area contributed by atoms with Gasteiger partial charge in [-0.05, 0) is 31.0 Å². The third-order valence-corrected chi connectivity index (χ3v) is 3.46. The van der Waals surface area contributed by atoms with Crippen molar-refractivity contribution in [2.45, 2.75) is 19.4 Å². The molecule has 0 bridgehead atoms. The fraction of sp³-hybridized carbons (Fsp3) is 0.462. The first-order valence-corrected chi connectivity index (χ1v) is 5.83. The summed E-state index contributed by atoms with van der Waals surface area (Å²) in [4.78, 5) is 10.9. The summed E-state index contributed by atoms with van der Waals surface area (Å²) >= 11 is 0. The largest absolute Gasteiger partial charge is 0.496 e. The molecule has 2 N–H and O–H groups in total. The zero-order valence-electron chi connectivity index (χ0n) is 10.4. The van der Waals surface area contributed by atoms with Crippen LogP contribution in [0.25, 0.3) is 0 Å². The van der Waals surface area contributed by atoms with Crippen LogP contribution < -0.4 is 10.1 Å². The van der Waals surface area contributed by atoms with Crippen LogP contribution in [0, 0.1) is 18.7 Å². The molecule has 0 radical (unpaired) electrons. The third kappa shape index (κ3) is 2.18. The monoisotopic (exact) mass is 253 g/mol. The Balaban J connectivity index is 2.32. The highest BCUT2D eigenvalue weighted by Gasteiger charge is 2.32. The molecule has 1 fully saturated rings. The molecule has 2 atom stereocenters. The van der Waals surface area contributed by atoms with Crippen LogP contribution in [0.2, 0.25) is 0 Å². The second-order valence-corrected chi connectivity index (χ2v) is 4.52. The quantitative estimate of drug-likeness (QED) is 0.863. The molecule has 1 aliphatic heterocycles. The number of carbonyl (C=O) groups is 1. The minimum atomic E-state index is -0.842. The summed E-state index contributed by atoms with van der Waals surface area (Å²) in [6.07, 6.45) is 0.403. The molecule has 1 saturated heterocycles.